The summed E-state index contributed by atoms with van der Waals surface area (Å²) in [7, 11) is -0.629. The molecule has 0 aromatic heterocycles. The van der Waals surface area contributed by atoms with Crippen LogP contribution in [0.5, 0.6) is 0 Å². The molecule has 0 heterocycles. The van der Waals surface area contributed by atoms with Crippen molar-refractivity contribution in [1.82, 2.24) is 0 Å². The van der Waals surface area contributed by atoms with E-state index in [0.717, 1.165) is 5.92 Å². The molecular formula is C12H20Cl2NOSiTi. The summed E-state index contributed by atoms with van der Waals surface area (Å²) in [6, 6.07) is 0. The molecule has 0 aromatic rings. The molecule has 0 atom stereocenters. The summed E-state index contributed by atoms with van der Waals surface area (Å²) in [4.78, 5) is 9.47. The molecule has 101 valence electrons. The van der Waals surface area contributed by atoms with Gasteiger partial charge in [0.2, 0.25) is 6.41 Å². The van der Waals surface area contributed by atoms with Crippen LogP contribution in [0.15, 0.2) is 26.2 Å². The molecule has 0 aliphatic heterocycles. The number of rotatable bonds is 3. The third-order valence-electron chi connectivity index (χ3n) is 1.97. The van der Waals surface area contributed by atoms with E-state index in [4.69, 9.17) is 0 Å². The van der Waals surface area contributed by atoms with Gasteiger partial charge in [0.15, 0.2) is 0 Å². The second kappa shape index (κ2) is 13.9. The number of hydrogen-bond donors (Lipinski definition) is 0. The van der Waals surface area contributed by atoms with Gasteiger partial charge in [0.1, 0.15) is 8.59 Å². The summed E-state index contributed by atoms with van der Waals surface area (Å²) in [6.07, 6.45) is 7.58. The zero-order valence-corrected chi connectivity index (χ0v) is 15.4. The SMILES string of the molecule is CC(C)CC1=[C]([Ti+2])CC=C1.C[Si](C)=NC=O.[Cl-].[Cl-]. The van der Waals surface area contributed by atoms with Crippen molar-refractivity contribution in [3.05, 3.63) is 21.6 Å². The predicted molar refractivity (Wildman–Crippen MR) is 66.2 cm³/mol. The van der Waals surface area contributed by atoms with E-state index in [-0.39, 0.29) is 24.8 Å². The van der Waals surface area contributed by atoms with Gasteiger partial charge in [-0.15, -0.1) is 0 Å². The van der Waals surface area contributed by atoms with Crippen molar-refractivity contribution in [2.75, 3.05) is 0 Å². The summed E-state index contributed by atoms with van der Waals surface area (Å²) in [6.45, 7) is 8.46. The Kier molecular flexibility index (Phi) is 18.2. The molecule has 0 N–H and O–H groups in total. The summed E-state index contributed by atoms with van der Waals surface area (Å²) >= 11 is 2.23. The first-order valence-electron chi connectivity index (χ1n) is 5.52. The van der Waals surface area contributed by atoms with Crippen molar-refractivity contribution in [2.24, 2.45) is 10.6 Å². The quantitative estimate of drug-likeness (QED) is 0.411. The molecule has 0 unspecified atom stereocenters. The van der Waals surface area contributed by atoms with Gasteiger partial charge in [-0.25, -0.2) is 0 Å². The minimum absolute atomic E-state index is 0. The van der Waals surface area contributed by atoms with Crippen LogP contribution in [-0.4, -0.2) is 15.0 Å². The molecule has 0 radical (unpaired) electrons. The molecule has 0 spiro atoms. The van der Waals surface area contributed by atoms with Crippen LogP contribution in [-0.2, 0) is 25.2 Å². The standard InChI is InChI=1S/C9H13.C3H7NOSi.2ClH.Ti/c1-8(2)7-9-5-3-4-6-9;1-6(2)4-3-5;;;/h3,5,8H,4,7H2,1-2H3;3H,1-2H3;2*1H;/q;;;;+2/p-2. The number of halogens is 2. The average Bonchev–Trinajstić information content (AvgIpc) is 2.51. The van der Waals surface area contributed by atoms with Crippen molar-refractivity contribution in [2.45, 2.75) is 39.8 Å². The Bertz CT molecular complexity index is 324. The Morgan fingerprint density at radius 1 is 1.44 bits per heavy atom. The van der Waals surface area contributed by atoms with Crippen molar-refractivity contribution in [3.8, 4) is 0 Å². The van der Waals surface area contributed by atoms with E-state index in [1.54, 1.807) is 9.45 Å². The molecule has 0 saturated heterocycles. The number of carbonyl (C=O) groups excluding carboxylic acids is 1. The number of carbonyl (C=O) groups is 1. The van der Waals surface area contributed by atoms with Crippen molar-refractivity contribution in [3.63, 3.8) is 0 Å². The summed E-state index contributed by atoms with van der Waals surface area (Å²) in [5.41, 5.74) is 1.56. The molecule has 0 saturated carbocycles. The third kappa shape index (κ3) is 12.9. The van der Waals surface area contributed by atoms with Gasteiger partial charge in [-0.1, -0.05) is 0 Å². The minimum Gasteiger partial charge on any atom is -1.00 e. The van der Waals surface area contributed by atoms with Gasteiger partial charge in [-0.2, -0.15) is 0 Å². The fourth-order valence-electron chi connectivity index (χ4n) is 1.29. The van der Waals surface area contributed by atoms with E-state index in [1.807, 2.05) is 13.1 Å². The van der Waals surface area contributed by atoms with Crippen LogP contribution < -0.4 is 24.8 Å². The molecule has 6 heteroatoms. The Balaban J connectivity index is -0.000000250. The Morgan fingerprint density at radius 2 is 2.00 bits per heavy atom. The molecule has 0 aromatic carbocycles. The number of nitrogens with zero attached hydrogens (tertiary/aromatic N) is 1. The minimum atomic E-state index is -0.629. The van der Waals surface area contributed by atoms with Crippen molar-refractivity contribution < 1.29 is 50.0 Å². The molecule has 2 nitrogen and oxygen atoms in total. The van der Waals surface area contributed by atoms with Gasteiger partial charge in [-0.3, -0.25) is 9.43 Å². The van der Waals surface area contributed by atoms with Crippen LogP contribution in [0.4, 0.5) is 0 Å². The number of hydrogen-bond acceptors (Lipinski definition) is 1. The Morgan fingerprint density at radius 3 is 2.22 bits per heavy atom. The maximum Gasteiger partial charge on any atom is 0.223 e. The molecule has 18 heavy (non-hydrogen) atoms. The fourth-order valence-corrected chi connectivity index (χ4v) is 1.97. The normalized spacial score (nSPS) is 12.2. The van der Waals surface area contributed by atoms with Gasteiger partial charge in [-0.05, 0) is 13.1 Å². The zero-order valence-electron chi connectivity index (χ0n) is 11.3. The van der Waals surface area contributed by atoms with Crippen LogP contribution in [0.1, 0.15) is 26.7 Å². The summed E-state index contributed by atoms with van der Waals surface area (Å²) < 4.78 is 5.11. The Labute approximate surface area is 136 Å². The van der Waals surface area contributed by atoms with E-state index in [0.29, 0.717) is 6.41 Å². The first-order chi connectivity index (χ1) is 7.47. The van der Waals surface area contributed by atoms with Gasteiger partial charge in [0.05, 0.1) is 0 Å². The van der Waals surface area contributed by atoms with Crippen LogP contribution in [0.25, 0.3) is 0 Å². The number of amides is 1. The first-order valence-corrected chi connectivity index (χ1v) is 8.75. The van der Waals surface area contributed by atoms with Crippen LogP contribution in [0.3, 0.4) is 0 Å². The van der Waals surface area contributed by atoms with E-state index >= 15 is 0 Å². The second-order valence-corrected chi connectivity index (χ2v) is 7.49. The van der Waals surface area contributed by atoms with E-state index in [1.165, 1.54) is 12.8 Å². The monoisotopic (exact) mass is 340 g/mol. The fraction of sp³-hybridized carbons (Fsp3) is 0.583. The predicted octanol–water partition coefficient (Wildman–Crippen LogP) is -2.54. The maximum absolute atomic E-state index is 9.47. The maximum atomic E-state index is 9.47. The van der Waals surface area contributed by atoms with E-state index in [9.17, 15) is 4.79 Å². The van der Waals surface area contributed by atoms with E-state index < -0.39 is 8.59 Å². The summed E-state index contributed by atoms with van der Waals surface area (Å²) in [5, 5.41) is 0. The molecule has 1 amide bonds. The van der Waals surface area contributed by atoms with E-state index in [2.05, 4.69) is 51.1 Å². The largest absolute Gasteiger partial charge is 1.00 e. The zero-order chi connectivity index (χ0) is 12.6. The van der Waals surface area contributed by atoms with Gasteiger partial charge in [0.25, 0.3) is 0 Å². The number of allylic oxidation sites excluding steroid dienone is 4. The molecule has 1 aliphatic carbocycles. The molecule has 1 rings (SSSR count). The van der Waals surface area contributed by atoms with Crippen LogP contribution in [0, 0.1) is 5.92 Å². The van der Waals surface area contributed by atoms with Crippen molar-refractivity contribution in [1.29, 1.82) is 0 Å². The third-order valence-corrected chi connectivity index (χ3v) is 3.41. The van der Waals surface area contributed by atoms with Crippen LogP contribution in [0.2, 0.25) is 13.1 Å². The molecular weight excluding hydrogens is 321 g/mol. The smallest absolute Gasteiger partial charge is 0.223 e. The topological polar surface area (TPSA) is 29.4 Å². The summed E-state index contributed by atoms with van der Waals surface area (Å²) in [5.74, 6) is 0.799. The average molecular weight is 341 g/mol. The van der Waals surface area contributed by atoms with Crippen LogP contribution >= 0.6 is 0 Å². The van der Waals surface area contributed by atoms with Gasteiger partial charge in [0, 0.05) is 0 Å². The van der Waals surface area contributed by atoms with Gasteiger partial charge < -0.3 is 24.8 Å². The Hall–Kier alpha value is 0.461. The molecule has 0 bridgehead atoms. The van der Waals surface area contributed by atoms with Gasteiger partial charge >= 0.3 is 74.6 Å². The molecule has 0 fully saturated rings. The van der Waals surface area contributed by atoms with Crippen molar-refractivity contribution >= 4 is 15.0 Å². The first kappa shape index (κ1) is 23.5. The molecule has 1 aliphatic rings. The second-order valence-electron chi connectivity index (χ2n) is 4.39.